The Hall–Kier alpha value is -2.49. The molecule has 0 atom stereocenters. The van der Waals surface area contributed by atoms with Gasteiger partial charge in [-0.2, -0.15) is 0 Å². The van der Waals surface area contributed by atoms with Gasteiger partial charge in [0.05, 0.1) is 24.5 Å². The summed E-state index contributed by atoms with van der Waals surface area (Å²) in [6, 6.07) is 13.4. The van der Waals surface area contributed by atoms with Crippen molar-refractivity contribution in [2.75, 3.05) is 7.11 Å². The number of aromatic nitrogens is 2. The summed E-state index contributed by atoms with van der Waals surface area (Å²) in [6.45, 7) is 0. The van der Waals surface area contributed by atoms with Crippen molar-refractivity contribution in [1.82, 2.24) is 9.55 Å². The van der Waals surface area contributed by atoms with Gasteiger partial charge in [0.2, 0.25) is 0 Å². The molecule has 0 aliphatic heterocycles. The monoisotopic (exact) mass is 254 g/mol. The van der Waals surface area contributed by atoms with E-state index < -0.39 is 0 Å². The minimum absolute atomic E-state index is 0.751. The fourth-order valence-electron chi connectivity index (χ4n) is 1.97. The number of hydrogen-bond acceptors (Lipinski definition) is 3. The molecule has 0 amide bonds. The van der Waals surface area contributed by atoms with Crippen LogP contribution in [0.15, 0.2) is 48.8 Å². The van der Waals surface area contributed by atoms with Crippen LogP contribution >= 0.6 is 0 Å². The largest absolute Gasteiger partial charge is 0.497 e. The lowest BCUT2D eigenvalue weighted by Crippen LogP contribution is -1.88. The second-order valence-corrected chi connectivity index (χ2v) is 4.29. The van der Waals surface area contributed by atoms with E-state index in [0.29, 0.717) is 0 Å². The summed E-state index contributed by atoms with van der Waals surface area (Å²) in [6.07, 6.45) is 1.79. The molecule has 3 aromatic rings. The van der Waals surface area contributed by atoms with E-state index >= 15 is 0 Å². The summed E-state index contributed by atoms with van der Waals surface area (Å²) in [5.74, 6) is 2.31. The highest BCUT2D eigenvalue weighted by Gasteiger charge is 2.03. The smallest absolute Gasteiger partial charge is 0.131 e. The van der Waals surface area contributed by atoms with Gasteiger partial charge in [0.25, 0.3) is 0 Å². The molecule has 0 fully saturated rings. The average Bonchev–Trinajstić information content (AvgIpc) is 2.80. The van der Waals surface area contributed by atoms with Crippen LogP contribution in [0.5, 0.6) is 17.2 Å². The number of aryl methyl sites for hydroxylation is 1. The summed E-state index contributed by atoms with van der Waals surface area (Å²) in [4.78, 5) is 4.28. The summed E-state index contributed by atoms with van der Waals surface area (Å²) in [5.41, 5.74) is 2.00. The molecule has 0 saturated heterocycles. The van der Waals surface area contributed by atoms with Crippen LogP contribution in [-0.4, -0.2) is 16.7 Å². The number of benzene rings is 2. The summed E-state index contributed by atoms with van der Waals surface area (Å²) in [7, 11) is 3.60. The van der Waals surface area contributed by atoms with Crippen molar-refractivity contribution in [3.05, 3.63) is 48.8 Å². The maximum absolute atomic E-state index is 5.83. The fraction of sp³-hybridized carbons (Fsp3) is 0.133. The lowest BCUT2D eigenvalue weighted by molar-refractivity contribution is 0.409. The molecule has 0 saturated carbocycles. The molecule has 0 N–H and O–H groups in total. The molecular weight excluding hydrogens is 240 g/mol. The van der Waals surface area contributed by atoms with Crippen molar-refractivity contribution < 1.29 is 9.47 Å². The van der Waals surface area contributed by atoms with E-state index in [9.17, 15) is 0 Å². The van der Waals surface area contributed by atoms with E-state index in [1.54, 1.807) is 13.4 Å². The SMILES string of the molecule is COc1cccc(Oc2ccc3ncn(C)c3c2)c1. The van der Waals surface area contributed by atoms with Crippen LogP contribution in [0.4, 0.5) is 0 Å². The normalized spacial score (nSPS) is 10.6. The predicted molar refractivity (Wildman–Crippen MR) is 73.8 cm³/mol. The highest BCUT2D eigenvalue weighted by atomic mass is 16.5. The Morgan fingerprint density at radius 2 is 1.79 bits per heavy atom. The standard InChI is InChI=1S/C15H14N2O2/c1-17-10-16-14-7-6-13(9-15(14)17)19-12-5-3-4-11(8-12)18-2/h3-10H,1-2H3. The molecule has 3 rings (SSSR count). The van der Waals surface area contributed by atoms with Gasteiger partial charge in [-0.3, -0.25) is 0 Å². The van der Waals surface area contributed by atoms with Crippen molar-refractivity contribution in [2.24, 2.45) is 7.05 Å². The first kappa shape index (κ1) is 11.6. The molecule has 0 unspecified atom stereocenters. The third kappa shape index (κ3) is 2.25. The second kappa shape index (κ2) is 4.65. The second-order valence-electron chi connectivity index (χ2n) is 4.29. The fourth-order valence-corrected chi connectivity index (χ4v) is 1.97. The maximum atomic E-state index is 5.83. The zero-order valence-electron chi connectivity index (χ0n) is 10.8. The lowest BCUT2D eigenvalue weighted by atomic mass is 10.3. The summed E-state index contributed by atoms with van der Waals surface area (Å²) in [5, 5.41) is 0. The number of fused-ring (bicyclic) bond motifs is 1. The molecule has 0 radical (unpaired) electrons. The van der Waals surface area contributed by atoms with Gasteiger partial charge in [0.15, 0.2) is 0 Å². The number of imidazole rings is 1. The van der Waals surface area contributed by atoms with Crippen LogP contribution in [0.1, 0.15) is 0 Å². The van der Waals surface area contributed by atoms with Crippen molar-refractivity contribution in [3.8, 4) is 17.2 Å². The molecule has 2 aromatic carbocycles. The van der Waals surface area contributed by atoms with E-state index in [1.807, 2.05) is 54.1 Å². The number of rotatable bonds is 3. The van der Waals surface area contributed by atoms with Gasteiger partial charge in [-0.15, -0.1) is 0 Å². The van der Waals surface area contributed by atoms with Crippen LogP contribution in [0.25, 0.3) is 11.0 Å². The Morgan fingerprint density at radius 1 is 1.00 bits per heavy atom. The van der Waals surface area contributed by atoms with Crippen LogP contribution in [0.2, 0.25) is 0 Å². The van der Waals surface area contributed by atoms with E-state index in [1.165, 1.54) is 0 Å². The zero-order chi connectivity index (χ0) is 13.2. The highest BCUT2D eigenvalue weighted by Crippen LogP contribution is 2.27. The first-order valence-electron chi connectivity index (χ1n) is 5.99. The predicted octanol–water partition coefficient (Wildman–Crippen LogP) is 3.37. The molecule has 4 nitrogen and oxygen atoms in total. The molecule has 1 aromatic heterocycles. The van der Waals surface area contributed by atoms with Crippen LogP contribution in [0, 0.1) is 0 Å². The van der Waals surface area contributed by atoms with Crippen molar-refractivity contribution in [1.29, 1.82) is 0 Å². The molecule has 4 heteroatoms. The molecule has 0 bridgehead atoms. The maximum Gasteiger partial charge on any atom is 0.131 e. The van der Waals surface area contributed by atoms with Gasteiger partial charge in [0, 0.05) is 19.2 Å². The van der Waals surface area contributed by atoms with Gasteiger partial charge >= 0.3 is 0 Å². The van der Waals surface area contributed by atoms with E-state index in [0.717, 1.165) is 28.3 Å². The number of methoxy groups -OCH3 is 1. The number of nitrogens with zero attached hydrogens (tertiary/aromatic N) is 2. The Morgan fingerprint density at radius 3 is 2.63 bits per heavy atom. The van der Waals surface area contributed by atoms with E-state index in [-0.39, 0.29) is 0 Å². The van der Waals surface area contributed by atoms with Gasteiger partial charge in [0.1, 0.15) is 17.2 Å². The molecule has 19 heavy (non-hydrogen) atoms. The Bertz CT molecular complexity index is 719. The molecule has 96 valence electrons. The Balaban J connectivity index is 1.93. The molecule has 0 aliphatic rings. The average molecular weight is 254 g/mol. The summed E-state index contributed by atoms with van der Waals surface area (Å²) < 4.78 is 13.0. The highest BCUT2D eigenvalue weighted by molar-refractivity contribution is 5.77. The van der Waals surface area contributed by atoms with Crippen LogP contribution < -0.4 is 9.47 Å². The minimum atomic E-state index is 0.751. The van der Waals surface area contributed by atoms with Gasteiger partial charge in [-0.1, -0.05) is 6.07 Å². The number of hydrogen-bond donors (Lipinski definition) is 0. The number of ether oxygens (including phenoxy) is 2. The molecule has 0 spiro atoms. The van der Waals surface area contributed by atoms with E-state index in [4.69, 9.17) is 9.47 Å². The van der Waals surface area contributed by atoms with Crippen LogP contribution in [-0.2, 0) is 7.05 Å². The third-order valence-corrected chi connectivity index (χ3v) is 2.97. The Labute approximate surface area is 111 Å². The first-order chi connectivity index (χ1) is 9.26. The zero-order valence-corrected chi connectivity index (χ0v) is 10.8. The first-order valence-corrected chi connectivity index (χ1v) is 5.99. The molecule has 0 aliphatic carbocycles. The minimum Gasteiger partial charge on any atom is -0.497 e. The Kier molecular flexibility index (Phi) is 2.83. The topological polar surface area (TPSA) is 36.3 Å². The summed E-state index contributed by atoms with van der Waals surface area (Å²) >= 11 is 0. The van der Waals surface area contributed by atoms with Gasteiger partial charge in [-0.25, -0.2) is 4.98 Å². The lowest BCUT2D eigenvalue weighted by Gasteiger charge is -2.07. The van der Waals surface area contributed by atoms with Crippen molar-refractivity contribution in [2.45, 2.75) is 0 Å². The molecular formula is C15H14N2O2. The molecule has 1 heterocycles. The van der Waals surface area contributed by atoms with Crippen molar-refractivity contribution >= 4 is 11.0 Å². The van der Waals surface area contributed by atoms with Gasteiger partial charge in [-0.05, 0) is 24.3 Å². The van der Waals surface area contributed by atoms with Crippen LogP contribution in [0.3, 0.4) is 0 Å². The quantitative estimate of drug-likeness (QED) is 0.719. The van der Waals surface area contributed by atoms with E-state index in [2.05, 4.69) is 4.98 Å². The van der Waals surface area contributed by atoms with Crippen molar-refractivity contribution in [3.63, 3.8) is 0 Å². The van der Waals surface area contributed by atoms with Gasteiger partial charge < -0.3 is 14.0 Å². The third-order valence-electron chi connectivity index (χ3n) is 2.97.